The van der Waals surface area contributed by atoms with Crippen LogP contribution in [0, 0.1) is 0 Å². The second kappa shape index (κ2) is 10.0. The molecule has 0 bridgehead atoms. The third-order valence-corrected chi connectivity index (χ3v) is 2.40. The first-order chi connectivity index (χ1) is 6.35. The van der Waals surface area contributed by atoms with Gasteiger partial charge in [0.25, 0.3) is 0 Å². The fourth-order valence-electron chi connectivity index (χ4n) is 1.50. The highest BCUT2D eigenvalue weighted by atomic mass is 16.5. The summed E-state index contributed by atoms with van der Waals surface area (Å²) in [5.74, 6) is 0. The Labute approximate surface area is 82.3 Å². The number of unbranched alkanes of at least 4 members (excludes halogenated alkanes) is 3. The monoisotopic (exact) mass is 188 g/mol. The molecule has 0 aliphatic heterocycles. The first kappa shape index (κ1) is 12.9. The molecule has 2 nitrogen and oxygen atoms in total. The van der Waals surface area contributed by atoms with E-state index in [1.807, 2.05) is 0 Å². The van der Waals surface area contributed by atoms with Crippen molar-refractivity contribution in [3.05, 3.63) is 0 Å². The van der Waals surface area contributed by atoms with Crippen molar-refractivity contribution in [2.24, 2.45) is 0 Å². The van der Waals surface area contributed by atoms with E-state index in [4.69, 9.17) is 9.84 Å². The number of hydrogen-bond donors (Lipinski definition) is 1. The summed E-state index contributed by atoms with van der Waals surface area (Å²) in [7, 11) is 1.77. The molecule has 1 N–H and O–H groups in total. The maximum Gasteiger partial charge on any atom is 0.0572 e. The molecule has 0 aromatic heterocycles. The van der Waals surface area contributed by atoms with Gasteiger partial charge in [-0.15, -0.1) is 0 Å². The lowest BCUT2D eigenvalue weighted by Gasteiger charge is -2.13. The topological polar surface area (TPSA) is 29.5 Å². The normalized spacial score (nSPS) is 13.2. The van der Waals surface area contributed by atoms with E-state index in [0.29, 0.717) is 6.10 Å². The average molecular weight is 188 g/mol. The number of ether oxygens (including phenoxy) is 1. The Morgan fingerprint density at radius 2 is 1.77 bits per heavy atom. The fourth-order valence-corrected chi connectivity index (χ4v) is 1.50. The summed E-state index contributed by atoms with van der Waals surface area (Å²) in [4.78, 5) is 0. The van der Waals surface area contributed by atoms with Gasteiger partial charge in [0.05, 0.1) is 6.10 Å². The fraction of sp³-hybridized carbons (Fsp3) is 1.00. The molecule has 0 aliphatic carbocycles. The van der Waals surface area contributed by atoms with Crippen molar-refractivity contribution in [1.82, 2.24) is 0 Å². The number of rotatable bonds is 9. The van der Waals surface area contributed by atoms with Crippen molar-refractivity contribution in [2.45, 2.75) is 58.0 Å². The maximum atomic E-state index is 8.66. The molecule has 0 amide bonds. The van der Waals surface area contributed by atoms with Crippen molar-refractivity contribution < 1.29 is 9.84 Å². The van der Waals surface area contributed by atoms with Gasteiger partial charge < -0.3 is 9.84 Å². The largest absolute Gasteiger partial charge is 0.396 e. The van der Waals surface area contributed by atoms with E-state index in [0.717, 1.165) is 19.3 Å². The Morgan fingerprint density at radius 3 is 2.31 bits per heavy atom. The van der Waals surface area contributed by atoms with Crippen molar-refractivity contribution >= 4 is 0 Å². The Kier molecular flexibility index (Phi) is 9.94. The molecule has 0 aromatic rings. The van der Waals surface area contributed by atoms with Gasteiger partial charge in [-0.3, -0.25) is 0 Å². The van der Waals surface area contributed by atoms with Crippen LogP contribution in [0.25, 0.3) is 0 Å². The van der Waals surface area contributed by atoms with E-state index in [9.17, 15) is 0 Å². The molecular formula is C11H24O2. The van der Waals surface area contributed by atoms with Crippen LogP contribution in [0.5, 0.6) is 0 Å². The minimum absolute atomic E-state index is 0.287. The molecule has 1 unspecified atom stereocenters. The summed E-state index contributed by atoms with van der Waals surface area (Å²) in [6, 6.07) is 0. The molecule has 80 valence electrons. The van der Waals surface area contributed by atoms with Crippen LogP contribution in [0.4, 0.5) is 0 Å². The van der Waals surface area contributed by atoms with Gasteiger partial charge in [-0.25, -0.2) is 0 Å². The minimum atomic E-state index is 0.287. The quantitative estimate of drug-likeness (QED) is 0.564. The van der Waals surface area contributed by atoms with Gasteiger partial charge in [0.15, 0.2) is 0 Å². The number of aliphatic hydroxyl groups is 1. The molecule has 13 heavy (non-hydrogen) atoms. The summed E-state index contributed by atoms with van der Waals surface area (Å²) in [5, 5.41) is 8.66. The number of hydrogen-bond acceptors (Lipinski definition) is 2. The van der Waals surface area contributed by atoms with E-state index in [1.165, 1.54) is 25.7 Å². The van der Waals surface area contributed by atoms with Gasteiger partial charge in [-0.2, -0.15) is 0 Å². The standard InChI is InChI=1S/C11H24O2/c1-3-4-5-6-8-11(13-2)9-7-10-12/h11-12H,3-10H2,1-2H3. The highest BCUT2D eigenvalue weighted by Gasteiger charge is 2.05. The molecule has 0 radical (unpaired) electrons. The second-order valence-electron chi connectivity index (χ2n) is 3.57. The number of methoxy groups -OCH3 is 1. The zero-order valence-electron chi connectivity index (χ0n) is 9.09. The highest BCUT2D eigenvalue weighted by Crippen LogP contribution is 2.11. The first-order valence-corrected chi connectivity index (χ1v) is 5.48. The van der Waals surface area contributed by atoms with E-state index >= 15 is 0 Å². The lowest BCUT2D eigenvalue weighted by Crippen LogP contribution is -2.10. The molecule has 2 heteroatoms. The SMILES string of the molecule is CCCCCCC(CCCO)OC. The lowest BCUT2D eigenvalue weighted by atomic mass is 10.1. The lowest BCUT2D eigenvalue weighted by molar-refractivity contribution is 0.0788. The van der Waals surface area contributed by atoms with Crippen LogP contribution < -0.4 is 0 Å². The van der Waals surface area contributed by atoms with Crippen LogP contribution in [-0.4, -0.2) is 24.9 Å². The maximum absolute atomic E-state index is 8.66. The third-order valence-electron chi connectivity index (χ3n) is 2.40. The van der Waals surface area contributed by atoms with Gasteiger partial charge in [0, 0.05) is 13.7 Å². The van der Waals surface area contributed by atoms with Crippen molar-refractivity contribution in [2.75, 3.05) is 13.7 Å². The minimum Gasteiger partial charge on any atom is -0.396 e. The Morgan fingerprint density at radius 1 is 1.08 bits per heavy atom. The van der Waals surface area contributed by atoms with Gasteiger partial charge in [0.1, 0.15) is 0 Å². The summed E-state index contributed by atoms with van der Waals surface area (Å²) in [6.07, 6.45) is 8.57. The van der Waals surface area contributed by atoms with Crippen LogP contribution in [0.3, 0.4) is 0 Å². The molecule has 0 aliphatic rings. The van der Waals surface area contributed by atoms with Crippen LogP contribution >= 0.6 is 0 Å². The average Bonchev–Trinajstić information content (AvgIpc) is 2.17. The summed E-state index contributed by atoms with van der Waals surface area (Å²) < 4.78 is 5.32. The highest BCUT2D eigenvalue weighted by molar-refractivity contribution is 4.57. The molecular weight excluding hydrogens is 164 g/mol. The molecule has 0 fully saturated rings. The second-order valence-corrected chi connectivity index (χ2v) is 3.57. The molecule has 0 heterocycles. The summed E-state index contributed by atoms with van der Waals surface area (Å²) in [6.45, 7) is 2.51. The molecule has 0 saturated heterocycles. The van der Waals surface area contributed by atoms with E-state index < -0.39 is 0 Å². The Balaban J connectivity index is 3.25. The number of aliphatic hydroxyl groups excluding tert-OH is 1. The van der Waals surface area contributed by atoms with Gasteiger partial charge >= 0.3 is 0 Å². The molecule has 0 rings (SSSR count). The third kappa shape index (κ3) is 8.26. The Hall–Kier alpha value is -0.0800. The van der Waals surface area contributed by atoms with Crippen LogP contribution in [0.2, 0.25) is 0 Å². The van der Waals surface area contributed by atoms with Crippen molar-refractivity contribution in [3.8, 4) is 0 Å². The van der Waals surface area contributed by atoms with Crippen LogP contribution in [0.15, 0.2) is 0 Å². The first-order valence-electron chi connectivity index (χ1n) is 5.48. The summed E-state index contributed by atoms with van der Waals surface area (Å²) >= 11 is 0. The van der Waals surface area contributed by atoms with Crippen LogP contribution in [0.1, 0.15) is 51.9 Å². The predicted octanol–water partition coefficient (Wildman–Crippen LogP) is 2.74. The summed E-state index contributed by atoms with van der Waals surface area (Å²) in [5.41, 5.74) is 0. The molecule has 0 aromatic carbocycles. The van der Waals surface area contributed by atoms with Gasteiger partial charge in [-0.1, -0.05) is 32.6 Å². The predicted molar refractivity (Wildman–Crippen MR) is 55.9 cm³/mol. The van der Waals surface area contributed by atoms with Crippen molar-refractivity contribution in [3.63, 3.8) is 0 Å². The van der Waals surface area contributed by atoms with Gasteiger partial charge in [0.2, 0.25) is 0 Å². The van der Waals surface area contributed by atoms with Crippen LogP contribution in [-0.2, 0) is 4.74 Å². The Bertz CT molecular complexity index is 94.1. The van der Waals surface area contributed by atoms with E-state index in [2.05, 4.69) is 6.92 Å². The van der Waals surface area contributed by atoms with E-state index in [1.54, 1.807) is 7.11 Å². The van der Waals surface area contributed by atoms with Crippen molar-refractivity contribution in [1.29, 1.82) is 0 Å². The molecule has 1 atom stereocenters. The zero-order chi connectivity index (χ0) is 9.94. The van der Waals surface area contributed by atoms with E-state index in [-0.39, 0.29) is 6.61 Å². The zero-order valence-corrected chi connectivity index (χ0v) is 9.09. The molecule has 0 saturated carbocycles. The van der Waals surface area contributed by atoms with Gasteiger partial charge in [-0.05, 0) is 19.3 Å². The smallest absolute Gasteiger partial charge is 0.0572 e. The molecule has 0 spiro atoms.